The van der Waals surface area contributed by atoms with Crippen molar-refractivity contribution in [1.29, 1.82) is 0 Å². The molecule has 1 fully saturated rings. The van der Waals surface area contributed by atoms with Crippen LogP contribution in [0.1, 0.15) is 6.92 Å². The highest BCUT2D eigenvalue weighted by molar-refractivity contribution is 6.78. The first kappa shape index (κ1) is 9.57. The predicted molar refractivity (Wildman–Crippen MR) is 50.9 cm³/mol. The maximum Gasteiger partial charge on any atom is 0.409 e. The second kappa shape index (κ2) is 3.09. The van der Waals surface area contributed by atoms with E-state index in [9.17, 15) is 4.79 Å². The van der Waals surface area contributed by atoms with Crippen LogP contribution in [0.4, 0.5) is 4.79 Å². The van der Waals surface area contributed by atoms with Gasteiger partial charge in [-0.05, 0) is 6.92 Å². The van der Waals surface area contributed by atoms with E-state index in [0.29, 0.717) is 12.3 Å². The van der Waals surface area contributed by atoms with Gasteiger partial charge in [0.15, 0.2) is 0 Å². The van der Waals surface area contributed by atoms with E-state index >= 15 is 0 Å². The van der Waals surface area contributed by atoms with E-state index in [1.807, 2.05) is 11.8 Å². The molecule has 1 unspecified atom stereocenters. The summed E-state index contributed by atoms with van der Waals surface area (Å²) < 4.78 is 4.90. The fourth-order valence-electron chi connectivity index (χ4n) is 1.29. The number of hydrogen-bond donors (Lipinski definition) is 0. The lowest BCUT2D eigenvalue weighted by molar-refractivity contribution is 0.136. The minimum absolute atomic E-state index is 0.134. The lowest BCUT2D eigenvalue weighted by Crippen LogP contribution is -2.33. The van der Waals surface area contributed by atoms with Crippen molar-refractivity contribution < 1.29 is 9.53 Å². The topological polar surface area (TPSA) is 29.3 Å². The van der Waals surface area contributed by atoms with Crippen molar-refractivity contribution in [3.05, 3.63) is 0 Å². The molecule has 4 heteroatoms. The van der Waals surface area contributed by atoms with Gasteiger partial charge in [-0.15, -0.1) is 0 Å². The molecule has 1 saturated heterocycles. The van der Waals surface area contributed by atoms with Gasteiger partial charge >= 0.3 is 6.09 Å². The van der Waals surface area contributed by atoms with E-state index in [4.69, 9.17) is 4.74 Å². The highest BCUT2D eigenvalue weighted by Gasteiger charge is 2.47. The van der Waals surface area contributed by atoms with Crippen molar-refractivity contribution in [2.24, 2.45) is 0 Å². The second-order valence-corrected chi connectivity index (χ2v) is 9.63. The van der Waals surface area contributed by atoms with Gasteiger partial charge in [0, 0.05) is 12.2 Å². The molecule has 1 aliphatic heterocycles. The van der Waals surface area contributed by atoms with E-state index in [-0.39, 0.29) is 6.09 Å². The molecule has 1 heterocycles. The summed E-state index contributed by atoms with van der Waals surface area (Å²) in [5.41, 5.74) is 0.511. The predicted octanol–water partition coefficient (Wildman–Crippen LogP) is 1.70. The van der Waals surface area contributed by atoms with Crippen LogP contribution in [-0.4, -0.2) is 37.9 Å². The van der Waals surface area contributed by atoms with Crippen LogP contribution >= 0.6 is 0 Å². The fraction of sp³-hybridized carbons (Fsp3) is 0.875. The van der Waals surface area contributed by atoms with Crippen LogP contribution in [0.3, 0.4) is 0 Å². The highest BCUT2D eigenvalue weighted by Crippen LogP contribution is 2.27. The first-order chi connectivity index (χ1) is 5.46. The molecule has 3 nitrogen and oxygen atoms in total. The van der Waals surface area contributed by atoms with Gasteiger partial charge in [-0.3, -0.25) is 0 Å². The van der Waals surface area contributed by atoms with Gasteiger partial charge in [-0.1, -0.05) is 19.6 Å². The minimum atomic E-state index is -1.15. The average Bonchev–Trinajstić information content (AvgIpc) is 2.62. The molecule has 0 radical (unpaired) electrons. The van der Waals surface area contributed by atoms with Crippen molar-refractivity contribution in [3.8, 4) is 0 Å². The summed E-state index contributed by atoms with van der Waals surface area (Å²) in [5, 5.41) is 0. The third-order valence-corrected chi connectivity index (χ3v) is 4.61. The van der Waals surface area contributed by atoms with Crippen molar-refractivity contribution in [2.75, 3.05) is 13.2 Å². The Balaban J connectivity index is 2.37. The molecule has 0 spiro atoms. The maximum absolute atomic E-state index is 11.2. The number of amides is 1. The summed E-state index contributed by atoms with van der Waals surface area (Å²) in [7, 11) is -1.15. The van der Waals surface area contributed by atoms with Crippen molar-refractivity contribution in [3.63, 3.8) is 0 Å². The molecule has 0 bridgehead atoms. The van der Waals surface area contributed by atoms with Gasteiger partial charge < -0.3 is 9.64 Å². The standard InChI is InChI=1S/C8H17NO2Si/c1-5-11-8(10)9-6-7(9)12(2,3)4/h7H,5-6H2,1-4H3. The van der Waals surface area contributed by atoms with Crippen molar-refractivity contribution in [1.82, 2.24) is 4.90 Å². The Labute approximate surface area is 74.7 Å². The van der Waals surface area contributed by atoms with E-state index in [1.165, 1.54) is 0 Å². The number of carbonyl (C=O) groups excluding carboxylic acids is 1. The SMILES string of the molecule is CCOC(=O)N1CC1[Si](C)(C)C. The van der Waals surface area contributed by atoms with Crippen molar-refractivity contribution >= 4 is 14.2 Å². The van der Waals surface area contributed by atoms with Crippen LogP contribution < -0.4 is 0 Å². The summed E-state index contributed by atoms with van der Waals surface area (Å²) >= 11 is 0. The van der Waals surface area contributed by atoms with E-state index in [2.05, 4.69) is 19.6 Å². The normalized spacial score (nSPS) is 22.3. The Morgan fingerprint density at radius 1 is 1.58 bits per heavy atom. The van der Waals surface area contributed by atoms with Gasteiger partial charge in [0.2, 0.25) is 0 Å². The Morgan fingerprint density at radius 2 is 2.17 bits per heavy atom. The van der Waals surface area contributed by atoms with E-state index in [1.54, 1.807) is 0 Å². The molecule has 1 rings (SSSR count). The van der Waals surface area contributed by atoms with Gasteiger partial charge in [0.25, 0.3) is 0 Å². The molecule has 1 atom stereocenters. The summed E-state index contributed by atoms with van der Waals surface area (Å²) in [6.45, 7) is 10.1. The first-order valence-electron chi connectivity index (χ1n) is 4.40. The maximum atomic E-state index is 11.2. The quantitative estimate of drug-likeness (QED) is 0.486. The molecule has 0 saturated carbocycles. The van der Waals surface area contributed by atoms with Crippen LogP contribution in [0.15, 0.2) is 0 Å². The Morgan fingerprint density at radius 3 is 2.50 bits per heavy atom. The molecule has 1 aliphatic rings. The number of carbonyl (C=O) groups is 1. The molecule has 12 heavy (non-hydrogen) atoms. The number of ether oxygens (including phenoxy) is 1. The van der Waals surface area contributed by atoms with Gasteiger partial charge in [-0.25, -0.2) is 4.79 Å². The zero-order valence-electron chi connectivity index (χ0n) is 8.26. The first-order valence-corrected chi connectivity index (χ1v) is 7.98. The van der Waals surface area contributed by atoms with Crippen LogP contribution in [0, 0.1) is 0 Å². The molecule has 0 aromatic heterocycles. The smallest absolute Gasteiger partial charge is 0.409 e. The van der Waals surface area contributed by atoms with Crippen LogP contribution in [-0.2, 0) is 4.74 Å². The van der Waals surface area contributed by atoms with Gasteiger partial charge in [-0.2, -0.15) is 0 Å². The van der Waals surface area contributed by atoms with E-state index < -0.39 is 8.07 Å². The number of hydrogen-bond acceptors (Lipinski definition) is 2. The molecule has 1 amide bonds. The monoisotopic (exact) mass is 187 g/mol. The van der Waals surface area contributed by atoms with Crippen LogP contribution in [0.5, 0.6) is 0 Å². The van der Waals surface area contributed by atoms with Gasteiger partial charge in [0.1, 0.15) is 0 Å². The molecule has 0 aromatic carbocycles. The van der Waals surface area contributed by atoms with Crippen LogP contribution in [0.25, 0.3) is 0 Å². The van der Waals surface area contributed by atoms with E-state index in [0.717, 1.165) is 6.54 Å². The molecular weight excluding hydrogens is 170 g/mol. The largest absolute Gasteiger partial charge is 0.450 e. The third-order valence-electron chi connectivity index (χ3n) is 2.11. The Hall–Kier alpha value is -0.513. The third kappa shape index (κ3) is 2.00. The summed E-state index contributed by atoms with van der Waals surface area (Å²) in [6.07, 6.45) is -0.134. The Kier molecular flexibility index (Phi) is 2.46. The molecule has 0 N–H and O–H groups in total. The average molecular weight is 187 g/mol. The highest BCUT2D eigenvalue weighted by atomic mass is 28.3. The zero-order chi connectivity index (χ0) is 9.35. The van der Waals surface area contributed by atoms with Crippen LogP contribution in [0.2, 0.25) is 19.6 Å². The molecule has 0 aliphatic carbocycles. The molecular formula is C8H17NO2Si. The minimum Gasteiger partial charge on any atom is -0.450 e. The lowest BCUT2D eigenvalue weighted by Gasteiger charge is -2.14. The molecule has 70 valence electrons. The number of rotatable bonds is 2. The molecule has 0 aromatic rings. The lowest BCUT2D eigenvalue weighted by atomic mass is 10.9. The summed E-state index contributed by atoms with van der Waals surface area (Å²) in [5.74, 6) is 0. The zero-order valence-corrected chi connectivity index (χ0v) is 9.26. The second-order valence-electron chi connectivity index (χ2n) is 4.23. The number of nitrogens with zero attached hydrogens (tertiary/aromatic N) is 1. The van der Waals surface area contributed by atoms with Crippen molar-refractivity contribution in [2.45, 2.75) is 32.2 Å². The summed E-state index contributed by atoms with van der Waals surface area (Å²) in [4.78, 5) is 13.0. The Bertz CT molecular complexity index is 188. The fourth-order valence-corrected chi connectivity index (χ4v) is 3.07. The van der Waals surface area contributed by atoms with Gasteiger partial charge in [0.05, 0.1) is 14.7 Å². The summed E-state index contributed by atoms with van der Waals surface area (Å²) in [6, 6.07) is 0.